The van der Waals surface area contributed by atoms with Crippen LogP contribution in [0.2, 0.25) is 0 Å². The quantitative estimate of drug-likeness (QED) is 0.366. The molecule has 0 aromatic carbocycles. The fourth-order valence-corrected chi connectivity index (χ4v) is 2.95. The van der Waals surface area contributed by atoms with Gasteiger partial charge in [-0.05, 0) is 42.9 Å². The summed E-state index contributed by atoms with van der Waals surface area (Å²) in [4.78, 5) is 24.4. The molecule has 0 unspecified atom stereocenters. The molecule has 0 heterocycles. The molecule has 0 bridgehead atoms. The van der Waals surface area contributed by atoms with Crippen LogP contribution in [0, 0.1) is 22.2 Å². The molecule has 0 atom stereocenters. The van der Waals surface area contributed by atoms with E-state index in [1.54, 1.807) is 0 Å². The predicted octanol–water partition coefficient (Wildman–Crippen LogP) is 6.19. The van der Waals surface area contributed by atoms with Crippen molar-refractivity contribution in [2.75, 3.05) is 6.61 Å². The van der Waals surface area contributed by atoms with Crippen LogP contribution in [-0.4, -0.2) is 18.4 Å². The lowest BCUT2D eigenvalue weighted by Crippen LogP contribution is -2.27. The second-order valence-electron chi connectivity index (χ2n) is 10.9. The smallest absolute Gasteiger partial charge is 0.308 e. The van der Waals surface area contributed by atoms with E-state index in [2.05, 4.69) is 41.5 Å². The third kappa shape index (κ3) is 13.1. The number of rotatable bonds is 9. The molecule has 0 rings (SSSR count). The van der Waals surface area contributed by atoms with Crippen molar-refractivity contribution in [3.8, 4) is 0 Å². The van der Waals surface area contributed by atoms with Crippen LogP contribution in [0.3, 0.4) is 0 Å². The third-order valence-electron chi connectivity index (χ3n) is 4.18. The van der Waals surface area contributed by atoms with E-state index in [9.17, 15) is 9.59 Å². The first-order chi connectivity index (χ1) is 11.1. The van der Waals surface area contributed by atoms with Crippen molar-refractivity contribution >= 4 is 11.8 Å². The van der Waals surface area contributed by atoms with Crippen molar-refractivity contribution in [3.05, 3.63) is 0 Å². The van der Waals surface area contributed by atoms with Gasteiger partial charge in [0.15, 0.2) is 0 Å². The number of carbonyl (C=O) groups excluding carboxylic acids is 2. The van der Waals surface area contributed by atoms with Gasteiger partial charge in [0.05, 0.1) is 12.5 Å². The summed E-state index contributed by atoms with van der Waals surface area (Å²) in [7, 11) is 0. The zero-order chi connectivity index (χ0) is 19.9. The van der Waals surface area contributed by atoms with Gasteiger partial charge < -0.3 is 4.74 Å². The van der Waals surface area contributed by atoms with Crippen LogP contribution in [0.25, 0.3) is 0 Å². The van der Waals surface area contributed by atoms with Crippen molar-refractivity contribution in [2.45, 2.75) is 101 Å². The number of hydrogen-bond donors (Lipinski definition) is 0. The number of ketones is 1. The minimum Gasteiger partial charge on any atom is -0.465 e. The minimum absolute atomic E-state index is 0.0394. The molecule has 148 valence electrons. The molecule has 0 spiro atoms. The van der Waals surface area contributed by atoms with Gasteiger partial charge in [-0.15, -0.1) is 0 Å². The van der Waals surface area contributed by atoms with E-state index in [1.807, 2.05) is 20.8 Å². The normalized spacial score (nSPS) is 13.2. The summed E-state index contributed by atoms with van der Waals surface area (Å²) in [5.74, 6) is 0.206. The van der Waals surface area contributed by atoms with Crippen LogP contribution in [-0.2, 0) is 14.3 Å². The van der Waals surface area contributed by atoms with Crippen molar-refractivity contribution in [1.29, 1.82) is 0 Å². The molecule has 0 aliphatic carbocycles. The van der Waals surface area contributed by atoms with E-state index in [1.165, 1.54) is 0 Å². The van der Waals surface area contributed by atoms with Gasteiger partial charge in [-0.25, -0.2) is 0 Å². The van der Waals surface area contributed by atoms with Gasteiger partial charge in [-0.3, -0.25) is 9.59 Å². The standard InChI is InChI=1S/C22H42O3/c1-20(2,3)15-17(16-21(4,5)6)19(24)25-14-12-10-11-13-18(23)22(7,8)9/h17H,10-16H2,1-9H3. The van der Waals surface area contributed by atoms with Crippen LogP contribution >= 0.6 is 0 Å². The highest BCUT2D eigenvalue weighted by Gasteiger charge is 2.30. The molecular weight excluding hydrogens is 312 g/mol. The molecule has 0 radical (unpaired) electrons. The Bertz CT molecular complexity index is 400. The summed E-state index contributed by atoms with van der Waals surface area (Å²) in [5, 5.41) is 0. The van der Waals surface area contributed by atoms with Gasteiger partial charge in [0.1, 0.15) is 5.78 Å². The Morgan fingerprint density at radius 1 is 0.760 bits per heavy atom. The molecule has 25 heavy (non-hydrogen) atoms. The first kappa shape index (κ1) is 24.1. The van der Waals surface area contributed by atoms with E-state index >= 15 is 0 Å². The average molecular weight is 355 g/mol. The zero-order valence-corrected chi connectivity index (χ0v) is 18.3. The average Bonchev–Trinajstić information content (AvgIpc) is 2.37. The highest BCUT2D eigenvalue weighted by atomic mass is 16.5. The maximum Gasteiger partial charge on any atom is 0.308 e. The van der Waals surface area contributed by atoms with E-state index < -0.39 is 0 Å². The molecule has 3 heteroatoms. The van der Waals surface area contributed by atoms with Gasteiger partial charge in [0, 0.05) is 11.8 Å². The highest BCUT2D eigenvalue weighted by molar-refractivity contribution is 5.83. The van der Waals surface area contributed by atoms with Gasteiger partial charge >= 0.3 is 5.97 Å². The number of esters is 1. The molecule has 0 saturated heterocycles. The summed E-state index contributed by atoms with van der Waals surface area (Å²) in [6, 6.07) is 0. The summed E-state index contributed by atoms with van der Waals surface area (Å²) < 4.78 is 5.55. The highest BCUT2D eigenvalue weighted by Crippen LogP contribution is 2.33. The Hall–Kier alpha value is -0.860. The molecule has 0 aliphatic heterocycles. The monoisotopic (exact) mass is 354 g/mol. The Morgan fingerprint density at radius 3 is 1.64 bits per heavy atom. The predicted molar refractivity (Wildman–Crippen MR) is 106 cm³/mol. The Kier molecular flexibility index (Phi) is 9.40. The Labute approximate surface area is 156 Å². The molecule has 0 aromatic heterocycles. The van der Waals surface area contributed by atoms with Crippen LogP contribution in [0.5, 0.6) is 0 Å². The molecular formula is C22H42O3. The molecule has 0 saturated carbocycles. The maximum absolute atomic E-state index is 12.5. The SMILES string of the molecule is CC(C)(C)CC(CC(C)(C)C)C(=O)OCCCCCC(=O)C(C)(C)C. The van der Waals surface area contributed by atoms with Crippen LogP contribution in [0.4, 0.5) is 0 Å². The van der Waals surface area contributed by atoms with Gasteiger partial charge in [-0.1, -0.05) is 62.3 Å². The second kappa shape index (κ2) is 9.73. The lowest BCUT2D eigenvalue weighted by Gasteiger charge is -2.29. The van der Waals surface area contributed by atoms with Crippen molar-refractivity contribution in [1.82, 2.24) is 0 Å². The maximum atomic E-state index is 12.5. The lowest BCUT2D eigenvalue weighted by atomic mass is 9.77. The number of Topliss-reactive ketones (excluding diaryl/α,β-unsaturated/α-hetero) is 1. The number of unbranched alkanes of at least 4 members (excludes halogenated alkanes) is 2. The van der Waals surface area contributed by atoms with Crippen LogP contribution < -0.4 is 0 Å². The zero-order valence-electron chi connectivity index (χ0n) is 18.3. The minimum atomic E-state index is -0.250. The summed E-state index contributed by atoms with van der Waals surface area (Å²) >= 11 is 0. The van der Waals surface area contributed by atoms with E-state index in [-0.39, 0.29) is 28.1 Å². The van der Waals surface area contributed by atoms with E-state index in [0.717, 1.165) is 32.1 Å². The Balaban J connectivity index is 4.24. The summed E-state index contributed by atoms with van der Waals surface area (Å²) in [6.45, 7) is 19.4. The van der Waals surface area contributed by atoms with Gasteiger partial charge in [0.2, 0.25) is 0 Å². The molecule has 0 aliphatic rings. The second-order valence-corrected chi connectivity index (χ2v) is 10.9. The van der Waals surface area contributed by atoms with E-state index in [0.29, 0.717) is 18.8 Å². The van der Waals surface area contributed by atoms with Crippen LogP contribution in [0.15, 0.2) is 0 Å². The first-order valence-electron chi connectivity index (χ1n) is 9.82. The summed E-state index contributed by atoms with van der Waals surface area (Å²) in [6.07, 6.45) is 4.96. The van der Waals surface area contributed by atoms with Crippen molar-refractivity contribution in [3.63, 3.8) is 0 Å². The molecule has 0 aromatic rings. The number of ether oxygens (including phenoxy) is 1. The lowest BCUT2D eigenvalue weighted by molar-refractivity contribution is -0.151. The first-order valence-corrected chi connectivity index (χ1v) is 9.82. The molecule has 0 amide bonds. The topological polar surface area (TPSA) is 43.4 Å². The third-order valence-corrected chi connectivity index (χ3v) is 4.18. The fourth-order valence-electron chi connectivity index (χ4n) is 2.95. The van der Waals surface area contributed by atoms with Gasteiger partial charge in [0.25, 0.3) is 0 Å². The fraction of sp³-hybridized carbons (Fsp3) is 0.909. The molecule has 0 N–H and O–H groups in total. The Morgan fingerprint density at radius 2 is 1.24 bits per heavy atom. The number of hydrogen-bond acceptors (Lipinski definition) is 3. The van der Waals surface area contributed by atoms with Crippen LogP contribution in [0.1, 0.15) is 101 Å². The van der Waals surface area contributed by atoms with E-state index in [4.69, 9.17) is 4.74 Å². The number of carbonyl (C=O) groups is 2. The summed E-state index contributed by atoms with van der Waals surface area (Å²) in [5.41, 5.74) is -0.0237. The van der Waals surface area contributed by atoms with Crippen molar-refractivity contribution in [2.24, 2.45) is 22.2 Å². The van der Waals surface area contributed by atoms with Gasteiger partial charge in [-0.2, -0.15) is 0 Å². The largest absolute Gasteiger partial charge is 0.465 e. The van der Waals surface area contributed by atoms with Crippen molar-refractivity contribution < 1.29 is 14.3 Å². The molecule has 3 nitrogen and oxygen atoms in total. The molecule has 0 fully saturated rings.